The van der Waals surface area contributed by atoms with Gasteiger partial charge in [-0.3, -0.25) is 0 Å². The number of phenols is 2. The van der Waals surface area contributed by atoms with Gasteiger partial charge in [0.25, 0.3) is 0 Å². The molecule has 29 heavy (non-hydrogen) atoms. The summed E-state index contributed by atoms with van der Waals surface area (Å²) in [5, 5.41) is 18.5. The third kappa shape index (κ3) is 9.30. The van der Waals surface area contributed by atoms with Gasteiger partial charge in [0.1, 0.15) is 11.5 Å². The Kier molecular flexibility index (Phi) is 10.5. The third-order valence-corrected chi connectivity index (χ3v) is 5.73. The molecular formula is C24H21IO2S2. The van der Waals surface area contributed by atoms with E-state index in [1.54, 1.807) is 30.0 Å². The minimum Gasteiger partial charge on any atom is -0.507 e. The van der Waals surface area contributed by atoms with Gasteiger partial charge in [-0.25, -0.2) is 0 Å². The van der Waals surface area contributed by atoms with E-state index in [1.807, 2.05) is 91.0 Å². The highest BCUT2D eigenvalue weighted by Crippen LogP contribution is 2.33. The van der Waals surface area contributed by atoms with Crippen molar-refractivity contribution >= 4 is 47.0 Å². The Hall–Kier alpha value is -2.09. The minimum absolute atomic E-state index is 0.335. The molecule has 0 unspecified atom stereocenters. The van der Waals surface area contributed by atoms with Gasteiger partial charge in [-0.2, -0.15) is 0 Å². The molecule has 0 saturated heterocycles. The number of thiol groups is 1. The Morgan fingerprint density at radius 1 is 0.586 bits per heavy atom. The van der Waals surface area contributed by atoms with Gasteiger partial charge in [0, 0.05) is 9.79 Å². The van der Waals surface area contributed by atoms with Crippen LogP contribution in [0.2, 0.25) is 0 Å². The van der Waals surface area contributed by atoms with Gasteiger partial charge < -0.3 is 10.2 Å². The molecule has 148 valence electrons. The number of phenolic OH excluding ortho intramolecular Hbond substituents is 2. The van der Waals surface area contributed by atoms with Crippen molar-refractivity contribution in [2.75, 3.05) is 0 Å². The quantitative estimate of drug-likeness (QED) is 0.185. The van der Waals surface area contributed by atoms with Crippen molar-refractivity contribution in [2.24, 2.45) is 0 Å². The second kappa shape index (κ2) is 13.2. The average Bonchev–Trinajstić information content (AvgIpc) is 2.74. The molecule has 0 aliphatic heterocycles. The molecule has 4 aromatic rings. The molecule has 4 rings (SSSR count). The zero-order valence-corrected chi connectivity index (χ0v) is 19.4. The van der Waals surface area contributed by atoms with Crippen LogP contribution in [-0.2, 0) is 0 Å². The number of benzene rings is 4. The second-order valence-corrected chi connectivity index (χ2v) is 8.46. The largest absolute Gasteiger partial charge is 0.507 e. The van der Waals surface area contributed by atoms with E-state index >= 15 is 0 Å². The number of hydrogen-bond acceptors (Lipinski definition) is 4. The molecule has 2 nitrogen and oxygen atoms in total. The zero-order valence-electron chi connectivity index (χ0n) is 15.5. The summed E-state index contributed by atoms with van der Waals surface area (Å²) in [4.78, 5) is 3.04. The smallest absolute Gasteiger partial charge is 0.129 e. The lowest BCUT2D eigenvalue weighted by atomic mass is 10.3. The first-order chi connectivity index (χ1) is 14.1. The molecule has 2 N–H and O–H groups in total. The normalized spacial score (nSPS) is 9.45. The summed E-state index contributed by atoms with van der Waals surface area (Å²) in [6.07, 6.45) is 0. The fraction of sp³-hybridized carbons (Fsp3) is 0. The molecular weight excluding hydrogens is 511 g/mol. The van der Waals surface area contributed by atoms with Crippen molar-refractivity contribution in [3.8, 4) is 11.5 Å². The Balaban J connectivity index is 0.000000170. The lowest BCUT2D eigenvalue weighted by Crippen LogP contribution is -1.73. The Morgan fingerprint density at radius 2 is 1.07 bits per heavy atom. The van der Waals surface area contributed by atoms with Crippen LogP contribution >= 0.6 is 47.0 Å². The van der Waals surface area contributed by atoms with E-state index in [2.05, 4.69) is 35.2 Å². The molecule has 0 amide bonds. The predicted molar refractivity (Wildman–Crippen MR) is 133 cm³/mol. The van der Waals surface area contributed by atoms with Crippen molar-refractivity contribution in [2.45, 2.75) is 14.7 Å². The van der Waals surface area contributed by atoms with Crippen LogP contribution in [0.5, 0.6) is 11.5 Å². The van der Waals surface area contributed by atoms with Gasteiger partial charge in [-0.05, 0) is 71.1 Å². The molecule has 0 bridgehead atoms. The first kappa shape index (κ1) is 23.2. The van der Waals surface area contributed by atoms with E-state index in [0.29, 0.717) is 11.5 Å². The molecule has 0 atom stereocenters. The van der Waals surface area contributed by atoms with Crippen LogP contribution in [0, 0.1) is 3.57 Å². The summed E-state index contributed by atoms with van der Waals surface area (Å²) in [6, 6.07) is 34.4. The van der Waals surface area contributed by atoms with Crippen LogP contribution in [0.3, 0.4) is 0 Å². The third-order valence-electron chi connectivity index (χ3n) is 3.44. The number of para-hydroxylation sites is 2. The van der Waals surface area contributed by atoms with Gasteiger partial charge in [0.15, 0.2) is 0 Å². The number of rotatable bonds is 2. The summed E-state index contributed by atoms with van der Waals surface area (Å²) in [5.74, 6) is 0.689. The second-order valence-electron chi connectivity index (χ2n) is 5.67. The van der Waals surface area contributed by atoms with Gasteiger partial charge in [-0.15, -0.1) is 12.6 Å². The van der Waals surface area contributed by atoms with Crippen LogP contribution in [-0.4, -0.2) is 10.2 Å². The molecule has 0 radical (unpaired) electrons. The maximum Gasteiger partial charge on any atom is 0.129 e. The molecule has 0 fully saturated rings. The summed E-state index contributed by atoms with van der Waals surface area (Å²) in [6.45, 7) is 0. The fourth-order valence-corrected chi connectivity index (χ4v) is 3.46. The van der Waals surface area contributed by atoms with Crippen molar-refractivity contribution in [1.82, 2.24) is 0 Å². The minimum atomic E-state index is 0.335. The van der Waals surface area contributed by atoms with Gasteiger partial charge in [0.2, 0.25) is 0 Å². The molecule has 0 spiro atoms. The monoisotopic (exact) mass is 532 g/mol. The molecule has 4 aromatic carbocycles. The SMILES string of the molecule is Oc1ccccc1I.Oc1ccccc1Sc1ccccc1.Sc1ccccc1. The van der Waals surface area contributed by atoms with Crippen LogP contribution in [0.1, 0.15) is 0 Å². The van der Waals surface area contributed by atoms with Crippen molar-refractivity contribution in [1.29, 1.82) is 0 Å². The topological polar surface area (TPSA) is 40.5 Å². The summed E-state index contributed by atoms with van der Waals surface area (Å²) < 4.78 is 0.894. The predicted octanol–water partition coefficient (Wildman–Crippen LogP) is 7.52. The summed E-state index contributed by atoms with van der Waals surface area (Å²) in [5.41, 5.74) is 0. The van der Waals surface area contributed by atoms with Gasteiger partial charge in [0.05, 0.1) is 8.47 Å². The molecule has 0 aromatic heterocycles. The zero-order chi connectivity index (χ0) is 20.9. The van der Waals surface area contributed by atoms with Crippen LogP contribution in [0.4, 0.5) is 0 Å². The molecule has 0 heterocycles. The van der Waals surface area contributed by atoms with E-state index < -0.39 is 0 Å². The first-order valence-corrected chi connectivity index (χ1v) is 11.1. The lowest BCUT2D eigenvalue weighted by Gasteiger charge is -2.02. The van der Waals surface area contributed by atoms with Crippen LogP contribution in [0.25, 0.3) is 0 Å². The highest BCUT2D eigenvalue weighted by molar-refractivity contribution is 14.1. The van der Waals surface area contributed by atoms with Crippen LogP contribution < -0.4 is 0 Å². The van der Waals surface area contributed by atoms with E-state index in [-0.39, 0.29) is 0 Å². The van der Waals surface area contributed by atoms with Crippen molar-refractivity contribution in [3.63, 3.8) is 0 Å². The lowest BCUT2D eigenvalue weighted by molar-refractivity contribution is 0.462. The average molecular weight is 532 g/mol. The number of halogens is 1. The van der Waals surface area contributed by atoms with Crippen molar-refractivity contribution < 1.29 is 10.2 Å². The summed E-state index contributed by atoms with van der Waals surface area (Å²) in [7, 11) is 0. The van der Waals surface area contributed by atoms with E-state index in [1.165, 1.54) is 0 Å². The Bertz CT molecular complexity index is 959. The van der Waals surface area contributed by atoms with E-state index in [4.69, 9.17) is 5.11 Å². The van der Waals surface area contributed by atoms with Crippen LogP contribution in [0.15, 0.2) is 124 Å². The highest BCUT2D eigenvalue weighted by atomic mass is 127. The number of hydrogen-bond donors (Lipinski definition) is 3. The Labute approximate surface area is 195 Å². The number of aromatic hydroxyl groups is 2. The van der Waals surface area contributed by atoms with Gasteiger partial charge in [-0.1, -0.05) is 72.4 Å². The molecule has 0 aliphatic carbocycles. The Morgan fingerprint density at radius 3 is 1.52 bits per heavy atom. The molecule has 5 heteroatoms. The maximum atomic E-state index is 9.55. The van der Waals surface area contributed by atoms with Gasteiger partial charge >= 0.3 is 0 Å². The standard InChI is InChI=1S/C12H10OS.C6H5IO.C6H6S/c13-11-8-4-5-9-12(11)14-10-6-2-1-3-7-10;7-5-3-1-2-4-6(5)8;7-6-4-2-1-3-5-6/h1-9,13H;1-4,8H;1-5,7H. The maximum absolute atomic E-state index is 9.55. The summed E-state index contributed by atoms with van der Waals surface area (Å²) >= 11 is 7.72. The van der Waals surface area contributed by atoms with E-state index in [9.17, 15) is 5.11 Å². The van der Waals surface area contributed by atoms with E-state index in [0.717, 1.165) is 18.3 Å². The molecule has 0 aliphatic rings. The molecule has 0 saturated carbocycles. The fourth-order valence-electron chi connectivity index (χ4n) is 2.04. The van der Waals surface area contributed by atoms with Crippen molar-refractivity contribution in [3.05, 3.63) is 113 Å². The first-order valence-electron chi connectivity index (χ1n) is 8.74. The highest BCUT2D eigenvalue weighted by Gasteiger charge is 2.00.